The first-order chi connectivity index (χ1) is 6.13. The van der Waals surface area contributed by atoms with Crippen molar-refractivity contribution < 1.29 is 19.2 Å². The molecule has 1 saturated heterocycles. The summed E-state index contributed by atoms with van der Waals surface area (Å²) in [5.41, 5.74) is 0. The molecule has 0 aromatic heterocycles. The van der Waals surface area contributed by atoms with Crippen molar-refractivity contribution in [2.75, 3.05) is 13.1 Å². The Balaban J connectivity index is 2.91. The molecule has 0 atom stereocenters. The molecule has 1 fully saturated rings. The fourth-order valence-electron chi connectivity index (χ4n) is 1.73. The molecule has 1 aliphatic heterocycles. The van der Waals surface area contributed by atoms with Gasteiger partial charge in [-0.3, -0.25) is 0 Å². The molecule has 1 rings (SSSR count). The van der Waals surface area contributed by atoms with E-state index in [2.05, 4.69) is 6.58 Å². The van der Waals surface area contributed by atoms with Crippen LogP contribution in [0, 0.1) is 0 Å². The summed E-state index contributed by atoms with van der Waals surface area (Å²) in [6.45, 7) is 4.14. The largest absolute Gasteiger partial charge is 0.521 e. The van der Waals surface area contributed by atoms with Crippen molar-refractivity contribution in [3.63, 3.8) is 0 Å². The Labute approximate surface area is 77.1 Å². The smallest absolute Gasteiger partial charge is 0.435 e. The van der Waals surface area contributed by atoms with E-state index in [1.165, 1.54) is 0 Å². The number of quaternary nitrogens is 1. The summed E-state index contributed by atoms with van der Waals surface area (Å²) in [4.78, 5) is 22.4. The molecular weight excluding hydrogens is 170 g/mol. The molecule has 0 aromatic carbocycles. The number of carbonyl (C=O) groups excluding carboxylic acids is 1. The van der Waals surface area contributed by atoms with E-state index in [1.54, 1.807) is 0 Å². The van der Waals surface area contributed by atoms with Crippen molar-refractivity contribution in [1.29, 1.82) is 0 Å². The Morgan fingerprint density at radius 3 is 2.15 bits per heavy atom. The number of likely N-dealkylation sites (tertiary alicyclic amines) is 1. The maximum atomic E-state index is 11.4. The second-order valence-corrected chi connectivity index (χ2v) is 3.30. The normalized spacial score (nSPS) is 20.6. The van der Waals surface area contributed by atoms with Crippen LogP contribution in [0.3, 0.4) is 0 Å². The summed E-state index contributed by atoms with van der Waals surface area (Å²) in [5, 5.41) is 8.99. The summed E-state index contributed by atoms with van der Waals surface area (Å²) in [7, 11) is 0. The van der Waals surface area contributed by atoms with E-state index in [0.29, 0.717) is 13.1 Å². The number of nitrogens with zero attached hydrogens (tertiary/aromatic N) is 1. The van der Waals surface area contributed by atoms with Crippen molar-refractivity contribution in [3.8, 4) is 0 Å². The van der Waals surface area contributed by atoms with Gasteiger partial charge in [0.05, 0.1) is 13.1 Å². The van der Waals surface area contributed by atoms with E-state index in [-0.39, 0.29) is 0 Å². The number of carboxylic acid groups (broad SMARTS) is 1. The van der Waals surface area contributed by atoms with Crippen LogP contribution in [0.4, 0.5) is 4.79 Å². The lowest BCUT2D eigenvalue weighted by Gasteiger charge is -2.32. The topological polar surface area (TPSA) is 54.4 Å². The fourth-order valence-corrected chi connectivity index (χ4v) is 1.73. The molecule has 1 N–H and O–H groups in total. The van der Waals surface area contributed by atoms with Gasteiger partial charge in [0.1, 0.15) is 0 Å². The van der Waals surface area contributed by atoms with E-state index in [1.807, 2.05) is 0 Å². The first-order valence-corrected chi connectivity index (χ1v) is 4.41. The Kier molecular flexibility index (Phi) is 2.83. The molecule has 4 heteroatoms. The van der Waals surface area contributed by atoms with Gasteiger partial charge in [-0.25, -0.2) is 4.79 Å². The van der Waals surface area contributed by atoms with Crippen molar-refractivity contribution in [2.45, 2.75) is 19.3 Å². The van der Waals surface area contributed by atoms with Gasteiger partial charge in [-0.15, -0.1) is 0 Å². The number of imide groups is 1. The van der Waals surface area contributed by atoms with Gasteiger partial charge >= 0.3 is 12.0 Å². The van der Waals surface area contributed by atoms with E-state index in [4.69, 9.17) is 5.11 Å². The lowest BCUT2D eigenvalue weighted by atomic mass is 10.1. The number of amides is 2. The number of piperidine rings is 1. The Morgan fingerprint density at radius 1 is 1.23 bits per heavy atom. The molecule has 0 aliphatic carbocycles. The predicted molar refractivity (Wildman–Crippen MR) is 47.1 cm³/mol. The van der Waals surface area contributed by atoms with Crippen molar-refractivity contribution in [2.24, 2.45) is 0 Å². The number of hydrogen-bond acceptors (Lipinski definition) is 2. The highest BCUT2D eigenvalue weighted by molar-refractivity contribution is 5.88. The van der Waals surface area contributed by atoms with Gasteiger partial charge in [0.2, 0.25) is 0 Å². The van der Waals surface area contributed by atoms with Gasteiger partial charge in [0, 0.05) is 6.08 Å². The minimum absolute atomic E-state index is 0.396. The van der Waals surface area contributed by atoms with E-state index >= 15 is 0 Å². The molecule has 0 aromatic rings. The first kappa shape index (κ1) is 9.92. The molecule has 0 spiro atoms. The number of hydrogen-bond donors (Lipinski definition) is 1. The van der Waals surface area contributed by atoms with Crippen LogP contribution < -0.4 is 0 Å². The fraction of sp³-hybridized carbons (Fsp3) is 0.556. The molecule has 4 nitrogen and oxygen atoms in total. The highest BCUT2D eigenvalue weighted by Gasteiger charge is 2.44. The Bertz CT molecular complexity index is 241. The minimum atomic E-state index is -1.05. The molecule has 0 unspecified atom stereocenters. The highest BCUT2D eigenvalue weighted by atomic mass is 16.4. The molecule has 13 heavy (non-hydrogen) atoms. The Morgan fingerprint density at radius 2 is 1.77 bits per heavy atom. The minimum Gasteiger partial charge on any atom is -0.435 e. The van der Waals surface area contributed by atoms with Crippen LogP contribution in [0.5, 0.6) is 0 Å². The second-order valence-electron chi connectivity index (χ2n) is 3.30. The maximum Gasteiger partial charge on any atom is 0.521 e. The highest BCUT2D eigenvalue weighted by Crippen LogP contribution is 2.20. The molecule has 0 radical (unpaired) electrons. The van der Waals surface area contributed by atoms with Gasteiger partial charge in [-0.1, -0.05) is 6.58 Å². The van der Waals surface area contributed by atoms with Crippen LogP contribution in [0.2, 0.25) is 0 Å². The van der Waals surface area contributed by atoms with Crippen molar-refractivity contribution in [3.05, 3.63) is 12.7 Å². The number of rotatable bonds is 1. The van der Waals surface area contributed by atoms with Gasteiger partial charge in [0.25, 0.3) is 0 Å². The standard InChI is InChI=1S/C9H13NO3/c1-2-8(11)10(9(12)13)6-4-3-5-7-10/h2H,1,3-7H2/p+1. The van der Waals surface area contributed by atoms with Crippen molar-refractivity contribution in [1.82, 2.24) is 0 Å². The quantitative estimate of drug-likeness (QED) is 0.494. The molecular formula is C9H14NO3+. The zero-order chi connectivity index (χ0) is 9.90. The summed E-state index contributed by atoms with van der Waals surface area (Å²) in [6, 6.07) is 0. The summed E-state index contributed by atoms with van der Waals surface area (Å²) in [5.74, 6) is -0.396. The van der Waals surface area contributed by atoms with E-state index in [9.17, 15) is 9.59 Å². The molecule has 2 amide bonds. The third-order valence-corrected chi connectivity index (χ3v) is 2.54. The SMILES string of the molecule is C=CC(=O)[N+]1(C(=O)O)CCCCC1. The van der Waals surface area contributed by atoms with Gasteiger partial charge in [0.15, 0.2) is 0 Å². The molecule has 1 heterocycles. The van der Waals surface area contributed by atoms with Crippen LogP contribution >= 0.6 is 0 Å². The summed E-state index contributed by atoms with van der Waals surface area (Å²) in [6.07, 6.45) is 2.67. The molecule has 0 saturated carbocycles. The van der Waals surface area contributed by atoms with Crippen LogP contribution in [-0.2, 0) is 4.79 Å². The average Bonchev–Trinajstić information content (AvgIpc) is 2.17. The van der Waals surface area contributed by atoms with E-state index in [0.717, 1.165) is 25.3 Å². The predicted octanol–water partition coefficient (Wildman–Crippen LogP) is 1.38. The molecule has 0 bridgehead atoms. The van der Waals surface area contributed by atoms with Crippen LogP contribution in [0.15, 0.2) is 12.7 Å². The lowest BCUT2D eigenvalue weighted by molar-refractivity contribution is -0.784. The van der Waals surface area contributed by atoms with Crippen LogP contribution in [0.25, 0.3) is 0 Å². The zero-order valence-electron chi connectivity index (χ0n) is 7.53. The lowest BCUT2D eigenvalue weighted by Crippen LogP contribution is -2.58. The third-order valence-electron chi connectivity index (χ3n) is 2.54. The van der Waals surface area contributed by atoms with Gasteiger partial charge in [-0.05, 0) is 19.3 Å². The van der Waals surface area contributed by atoms with Gasteiger partial charge in [-0.2, -0.15) is 9.28 Å². The summed E-state index contributed by atoms with van der Waals surface area (Å²) < 4.78 is -0.455. The molecule has 72 valence electrons. The van der Waals surface area contributed by atoms with Gasteiger partial charge < -0.3 is 5.11 Å². The van der Waals surface area contributed by atoms with Crippen molar-refractivity contribution >= 4 is 12.0 Å². The first-order valence-electron chi connectivity index (χ1n) is 4.41. The average molecular weight is 184 g/mol. The monoisotopic (exact) mass is 184 g/mol. The van der Waals surface area contributed by atoms with E-state index < -0.39 is 16.5 Å². The summed E-state index contributed by atoms with van der Waals surface area (Å²) >= 11 is 0. The zero-order valence-corrected chi connectivity index (χ0v) is 7.53. The Hall–Kier alpha value is -1.16. The third kappa shape index (κ3) is 1.62. The number of carbonyl (C=O) groups is 2. The van der Waals surface area contributed by atoms with Crippen LogP contribution in [0.1, 0.15) is 19.3 Å². The molecule has 1 aliphatic rings. The second kappa shape index (κ2) is 3.70. The van der Waals surface area contributed by atoms with Crippen LogP contribution in [-0.4, -0.2) is 34.7 Å². The maximum absolute atomic E-state index is 11.4.